The number of fused-ring (bicyclic) bond motifs is 2. The van der Waals surface area contributed by atoms with Crippen LogP contribution in [0.2, 0.25) is 0 Å². The molecule has 0 amide bonds. The number of carbonyl (C=O) groups is 2. The minimum absolute atomic E-state index is 0.282. The fraction of sp³-hybridized carbons (Fsp3) is 0.192. The number of furan rings is 1. The van der Waals surface area contributed by atoms with Crippen LogP contribution >= 0.6 is 0 Å². The van der Waals surface area contributed by atoms with Gasteiger partial charge in [-0.1, -0.05) is 18.2 Å². The predicted octanol–water partition coefficient (Wildman–Crippen LogP) is 4.25. The average molecular weight is 491 g/mol. The lowest BCUT2D eigenvalue weighted by Gasteiger charge is -2.29. The molecule has 0 unspecified atom stereocenters. The number of anilines is 1. The van der Waals surface area contributed by atoms with Gasteiger partial charge in [-0.05, 0) is 60.9 Å². The number of benzene rings is 2. The molecule has 1 aliphatic rings. The number of Topliss-reactive ketones (excluding diaryl/α,β-unsaturated/α-hetero) is 1. The van der Waals surface area contributed by atoms with Gasteiger partial charge in [0.25, 0.3) is 0 Å². The van der Waals surface area contributed by atoms with Crippen LogP contribution in [0.25, 0.3) is 22.4 Å². The number of nitrogens with zero attached hydrogens (tertiary/aromatic N) is 2. The van der Waals surface area contributed by atoms with Crippen molar-refractivity contribution in [2.24, 2.45) is 0 Å². The summed E-state index contributed by atoms with van der Waals surface area (Å²) in [6, 6.07) is 17.1. The van der Waals surface area contributed by atoms with Crippen molar-refractivity contribution in [2.75, 3.05) is 23.7 Å². The van der Waals surface area contributed by atoms with E-state index < -0.39 is 22.6 Å². The van der Waals surface area contributed by atoms with E-state index in [1.807, 2.05) is 6.07 Å². The molecule has 3 heterocycles. The summed E-state index contributed by atoms with van der Waals surface area (Å²) in [5.41, 5.74) is 3.09. The summed E-state index contributed by atoms with van der Waals surface area (Å²) in [7, 11) is -3.40. The van der Waals surface area contributed by atoms with Gasteiger partial charge in [-0.15, -0.1) is 0 Å². The van der Waals surface area contributed by atoms with Gasteiger partial charge in [0.15, 0.2) is 18.2 Å². The Hall–Kier alpha value is -3.98. The number of aromatic nitrogens is 1. The topological polar surface area (TPSA) is 107 Å². The lowest BCUT2D eigenvalue weighted by atomic mass is 9.99. The number of carbonyl (C=O) groups excluding carboxylic acids is 2. The van der Waals surface area contributed by atoms with Crippen LogP contribution < -0.4 is 4.31 Å². The van der Waals surface area contributed by atoms with Crippen molar-refractivity contribution < 1.29 is 27.2 Å². The fourth-order valence-corrected chi connectivity index (χ4v) is 5.26. The SMILES string of the molecule is CS(=O)(=O)N1CCCc2cc(C(=O)COC(=O)c3cc(-c4ccco4)nc4ccccc34)ccc21. The first-order valence-electron chi connectivity index (χ1n) is 11.1. The molecular weight excluding hydrogens is 468 g/mol. The molecule has 0 saturated heterocycles. The van der Waals surface area contributed by atoms with Crippen LogP contribution in [0.15, 0.2) is 71.3 Å². The largest absolute Gasteiger partial charge is 0.463 e. The van der Waals surface area contributed by atoms with Crippen LogP contribution in [0.4, 0.5) is 5.69 Å². The molecule has 2 aromatic carbocycles. The van der Waals surface area contributed by atoms with Crippen molar-refractivity contribution >= 4 is 38.4 Å². The normalized spacial score (nSPS) is 13.5. The molecule has 4 aromatic rings. The van der Waals surface area contributed by atoms with Crippen LogP contribution in [-0.4, -0.2) is 44.6 Å². The molecule has 0 N–H and O–H groups in total. The smallest absolute Gasteiger partial charge is 0.339 e. The Morgan fingerprint density at radius 3 is 2.69 bits per heavy atom. The molecule has 0 fully saturated rings. The summed E-state index contributed by atoms with van der Waals surface area (Å²) >= 11 is 0. The molecule has 8 nitrogen and oxygen atoms in total. The van der Waals surface area contributed by atoms with Gasteiger partial charge in [0.2, 0.25) is 10.0 Å². The van der Waals surface area contributed by atoms with Gasteiger partial charge >= 0.3 is 5.97 Å². The van der Waals surface area contributed by atoms with E-state index in [1.54, 1.807) is 54.6 Å². The monoisotopic (exact) mass is 490 g/mol. The summed E-state index contributed by atoms with van der Waals surface area (Å²) in [4.78, 5) is 30.4. The number of pyridine rings is 1. The Kier molecular flexibility index (Phi) is 5.86. The molecule has 0 aliphatic carbocycles. The molecule has 2 aromatic heterocycles. The number of rotatable bonds is 6. The molecule has 35 heavy (non-hydrogen) atoms. The molecule has 0 spiro atoms. The second-order valence-electron chi connectivity index (χ2n) is 8.33. The van der Waals surface area contributed by atoms with Crippen LogP contribution in [0, 0.1) is 0 Å². The van der Waals surface area contributed by atoms with Crippen molar-refractivity contribution in [1.29, 1.82) is 0 Å². The molecule has 9 heteroatoms. The third kappa shape index (κ3) is 4.54. The second kappa shape index (κ2) is 8.99. The van der Waals surface area contributed by atoms with Crippen molar-refractivity contribution in [1.82, 2.24) is 4.98 Å². The Labute approximate surface area is 202 Å². The highest BCUT2D eigenvalue weighted by molar-refractivity contribution is 7.92. The van der Waals surface area contributed by atoms with Gasteiger partial charge in [0.05, 0.1) is 29.3 Å². The van der Waals surface area contributed by atoms with E-state index in [4.69, 9.17) is 9.15 Å². The van der Waals surface area contributed by atoms with Crippen LogP contribution in [0.3, 0.4) is 0 Å². The molecule has 0 saturated carbocycles. The summed E-state index contributed by atoms with van der Waals surface area (Å²) in [5, 5.41) is 0.606. The van der Waals surface area contributed by atoms with Gasteiger partial charge in [-0.3, -0.25) is 9.10 Å². The molecular formula is C26H22N2O6S. The molecule has 0 radical (unpaired) electrons. The molecule has 1 aliphatic heterocycles. The van der Waals surface area contributed by atoms with Crippen LogP contribution in [0.5, 0.6) is 0 Å². The van der Waals surface area contributed by atoms with Crippen molar-refractivity contribution in [2.45, 2.75) is 12.8 Å². The minimum Gasteiger partial charge on any atom is -0.463 e. The lowest BCUT2D eigenvalue weighted by Crippen LogP contribution is -2.34. The van der Waals surface area contributed by atoms with Gasteiger partial charge in [0.1, 0.15) is 5.69 Å². The Morgan fingerprint density at radius 2 is 1.91 bits per heavy atom. The van der Waals surface area contributed by atoms with Gasteiger partial charge in [0, 0.05) is 17.5 Å². The molecule has 0 bridgehead atoms. The van der Waals surface area contributed by atoms with Gasteiger partial charge in [-0.2, -0.15) is 0 Å². The highest BCUT2D eigenvalue weighted by Gasteiger charge is 2.25. The van der Waals surface area contributed by atoms with Gasteiger partial charge in [-0.25, -0.2) is 18.2 Å². The van der Waals surface area contributed by atoms with Crippen molar-refractivity contribution in [3.8, 4) is 11.5 Å². The summed E-state index contributed by atoms with van der Waals surface area (Å²) < 4.78 is 36.3. The summed E-state index contributed by atoms with van der Waals surface area (Å²) in [6.07, 6.45) is 4.03. The van der Waals surface area contributed by atoms with Crippen molar-refractivity contribution in [3.05, 3.63) is 83.6 Å². The maximum Gasteiger partial charge on any atom is 0.339 e. The highest BCUT2D eigenvalue weighted by atomic mass is 32.2. The third-order valence-electron chi connectivity index (χ3n) is 5.92. The maximum absolute atomic E-state index is 13.0. The highest BCUT2D eigenvalue weighted by Crippen LogP contribution is 2.30. The van der Waals surface area contributed by atoms with Gasteiger partial charge < -0.3 is 9.15 Å². The average Bonchev–Trinajstić information content (AvgIpc) is 3.40. The van der Waals surface area contributed by atoms with E-state index in [9.17, 15) is 18.0 Å². The van der Waals surface area contributed by atoms with Crippen LogP contribution in [-0.2, 0) is 21.2 Å². The fourth-order valence-electron chi connectivity index (χ4n) is 4.27. The summed E-state index contributed by atoms with van der Waals surface area (Å²) in [6.45, 7) is -0.0310. The second-order valence-corrected chi connectivity index (χ2v) is 10.2. The van der Waals surface area contributed by atoms with Crippen LogP contribution in [0.1, 0.15) is 32.7 Å². The number of ether oxygens (including phenoxy) is 1. The van der Waals surface area contributed by atoms with E-state index in [0.29, 0.717) is 53.0 Å². The minimum atomic E-state index is -3.40. The Morgan fingerprint density at radius 1 is 1.09 bits per heavy atom. The zero-order valence-electron chi connectivity index (χ0n) is 18.9. The number of para-hydroxylation sites is 1. The zero-order chi connectivity index (χ0) is 24.6. The van der Waals surface area contributed by atoms with Crippen molar-refractivity contribution in [3.63, 3.8) is 0 Å². The number of hydrogen-bond acceptors (Lipinski definition) is 7. The summed E-state index contributed by atoms with van der Waals surface area (Å²) in [5.74, 6) is -0.508. The first kappa shape index (κ1) is 22.8. The quantitative estimate of drug-likeness (QED) is 0.294. The Balaban J connectivity index is 1.37. The number of sulfonamides is 1. The van der Waals surface area contributed by atoms with E-state index in [0.717, 1.165) is 5.56 Å². The lowest BCUT2D eigenvalue weighted by molar-refractivity contribution is 0.0476. The standard InChI is InChI=1S/C26H22N2O6S/c1-35(31,32)28-12-4-6-17-14-18(10-11-23(17)28)24(29)16-34-26(30)20-15-22(25-9-5-13-33-25)27-21-8-3-2-7-19(20)21/h2-3,5,7-11,13-15H,4,6,12,16H2,1H3. The van der Waals surface area contributed by atoms with E-state index in [1.165, 1.54) is 16.8 Å². The first-order chi connectivity index (χ1) is 16.8. The molecule has 178 valence electrons. The Bertz CT molecular complexity index is 1540. The molecule has 0 atom stereocenters. The zero-order valence-corrected chi connectivity index (χ0v) is 19.7. The maximum atomic E-state index is 13.0. The van der Waals surface area contributed by atoms with E-state index in [-0.39, 0.29) is 11.3 Å². The predicted molar refractivity (Wildman–Crippen MR) is 131 cm³/mol. The number of ketones is 1. The number of hydrogen-bond donors (Lipinski definition) is 0. The number of aryl methyl sites for hydroxylation is 1. The van der Waals surface area contributed by atoms with E-state index >= 15 is 0 Å². The van der Waals surface area contributed by atoms with E-state index in [2.05, 4.69) is 4.98 Å². The third-order valence-corrected chi connectivity index (χ3v) is 7.10. The first-order valence-corrected chi connectivity index (χ1v) is 12.9. The number of esters is 1. The molecule has 5 rings (SSSR count).